The minimum atomic E-state index is -0.482. The van der Waals surface area contributed by atoms with Crippen LogP contribution in [0.25, 0.3) is 0 Å². The van der Waals surface area contributed by atoms with Gasteiger partial charge < -0.3 is 19.3 Å². The lowest BCUT2D eigenvalue weighted by atomic mass is 10.2. The van der Waals surface area contributed by atoms with Crippen molar-refractivity contribution in [3.8, 4) is 5.75 Å². The van der Waals surface area contributed by atoms with Crippen LogP contribution in [0.2, 0.25) is 0 Å². The molecule has 130 valence electrons. The highest BCUT2D eigenvalue weighted by atomic mass is 16.5. The van der Waals surface area contributed by atoms with Crippen LogP contribution in [0, 0.1) is 0 Å². The third-order valence-electron chi connectivity index (χ3n) is 3.85. The number of benzene rings is 1. The standard InChI is InChI=1S/C18H29NO4/c1-3-22-17-8-6-15(7-9-17)11-19(2)12-16(20)13-21-14-18-5-4-10-23-18/h6-9,16,18,20H,3-5,10-14H2,1-2H3/t16-,18+/m1/s1. The van der Waals surface area contributed by atoms with Crippen molar-refractivity contribution in [1.29, 1.82) is 0 Å². The van der Waals surface area contributed by atoms with E-state index in [9.17, 15) is 5.11 Å². The van der Waals surface area contributed by atoms with Crippen LogP contribution in [0.5, 0.6) is 5.75 Å². The van der Waals surface area contributed by atoms with E-state index in [-0.39, 0.29) is 6.10 Å². The SMILES string of the molecule is CCOc1ccc(CN(C)C[C@@H](O)COC[C@@H]2CCCO2)cc1. The quantitative estimate of drug-likeness (QED) is 0.714. The third kappa shape index (κ3) is 6.87. The van der Waals surface area contributed by atoms with Gasteiger partial charge in [0.1, 0.15) is 5.75 Å². The third-order valence-corrected chi connectivity index (χ3v) is 3.85. The van der Waals surface area contributed by atoms with E-state index in [1.807, 2.05) is 26.1 Å². The number of rotatable bonds is 10. The summed E-state index contributed by atoms with van der Waals surface area (Å²) in [4.78, 5) is 2.09. The van der Waals surface area contributed by atoms with Gasteiger partial charge in [0.2, 0.25) is 0 Å². The molecule has 23 heavy (non-hydrogen) atoms. The van der Waals surface area contributed by atoms with E-state index in [4.69, 9.17) is 14.2 Å². The van der Waals surface area contributed by atoms with Crippen molar-refractivity contribution in [2.75, 3.05) is 40.0 Å². The van der Waals surface area contributed by atoms with E-state index in [0.29, 0.717) is 26.4 Å². The molecule has 5 heteroatoms. The summed E-state index contributed by atoms with van der Waals surface area (Å²) in [6.07, 6.45) is 1.91. The van der Waals surface area contributed by atoms with Crippen molar-refractivity contribution in [3.05, 3.63) is 29.8 Å². The molecule has 0 amide bonds. The molecule has 1 fully saturated rings. The molecular formula is C18H29NO4. The maximum Gasteiger partial charge on any atom is 0.119 e. The van der Waals surface area contributed by atoms with E-state index in [1.54, 1.807) is 0 Å². The van der Waals surface area contributed by atoms with Gasteiger partial charge in [-0.05, 0) is 44.5 Å². The predicted molar refractivity (Wildman–Crippen MR) is 89.7 cm³/mol. The molecule has 2 rings (SSSR count). The normalized spacial score (nSPS) is 19.2. The van der Waals surface area contributed by atoms with Gasteiger partial charge in [-0.25, -0.2) is 0 Å². The number of hydrogen-bond acceptors (Lipinski definition) is 5. The average molecular weight is 323 g/mol. The first-order chi connectivity index (χ1) is 11.2. The molecular weight excluding hydrogens is 294 g/mol. The van der Waals surface area contributed by atoms with Crippen LogP contribution in [0.15, 0.2) is 24.3 Å². The van der Waals surface area contributed by atoms with Crippen molar-refractivity contribution in [2.45, 2.75) is 38.5 Å². The molecule has 0 spiro atoms. The highest BCUT2D eigenvalue weighted by Crippen LogP contribution is 2.14. The van der Waals surface area contributed by atoms with E-state index >= 15 is 0 Å². The molecule has 1 aromatic rings. The summed E-state index contributed by atoms with van der Waals surface area (Å²) in [5.41, 5.74) is 1.20. The zero-order chi connectivity index (χ0) is 16.5. The van der Waals surface area contributed by atoms with Gasteiger partial charge in [-0.3, -0.25) is 4.90 Å². The molecule has 0 unspecified atom stereocenters. The maximum atomic E-state index is 10.1. The minimum absolute atomic E-state index is 0.212. The zero-order valence-electron chi connectivity index (χ0n) is 14.2. The van der Waals surface area contributed by atoms with Crippen molar-refractivity contribution in [1.82, 2.24) is 4.90 Å². The lowest BCUT2D eigenvalue weighted by Crippen LogP contribution is -2.32. The second-order valence-electron chi connectivity index (χ2n) is 6.10. The Bertz CT molecular complexity index is 431. The number of likely N-dealkylation sites (N-methyl/N-ethyl adjacent to an activating group) is 1. The predicted octanol–water partition coefficient (Wildman–Crippen LogP) is 2.07. The molecule has 1 aliphatic heterocycles. The van der Waals surface area contributed by atoms with Gasteiger partial charge in [0.05, 0.1) is 32.0 Å². The molecule has 1 N–H and O–H groups in total. The summed E-state index contributed by atoms with van der Waals surface area (Å²) in [6.45, 7) is 5.80. The Balaban J connectivity index is 1.63. The Morgan fingerprint density at radius 2 is 2.13 bits per heavy atom. The summed E-state index contributed by atoms with van der Waals surface area (Å²) in [7, 11) is 2.00. The van der Waals surface area contributed by atoms with Crippen LogP contribution in [0.3, 0.4) is 0 Å². The second-order valence-corrected chi connectivity index (χ2v) is 6.10. The molecule has 2 atom stereocenters. The van der Waals surface area contributed by atoms with Gasteiger partial charge in [0.25, 0.3) is 0 Å². The summed E-state index contributed by atoms with van der Waals surface area (Å²) >= 11 is 0. The molecule has 0 saturated carbocycles. The molecule has 1 saturated heterocycles. The largest absolute Gasteiger partial charge is 0.494 e. The Hall–Kier alpha value is -1.14. The van der Waals surface area contributed by atoms with Gasteiger partial charge in [-0.2, -0.15) is 0 Å². The van der Waals surface area contributed by atoms with Crippen LogP contribution in [-0.4, -0.2) is 62.2 Å². The number of nitrogens with zero attached hydrogens (tertiary/aromatic N) is 1. The van der Waals surface area contributed by atoms with Gasteiger partial charge in [-0.15, -0.1) is 0 Å². The summed E-state index contributed by atoms with van der Waals surface area (Å²) in [5, 5.41) is 10.1. The maximum absolute atomic E-state index is 10.1. The Morgan fingerprint density at radius 3 is 2.78 bits per heavy atom. The summed E-state index contributed by atoms with van der Waals surface area (Å²) < 4.78 is 16.5. The fourth-order valence-corrected chi connectivity index (χ4v) is 2.76. The van der Waals surface area contributed by atoms with Crippen LogP contribution < -0.4 is 4.74 Å². The lowest BCUT2D eigenvalue weighted by molar-refractivity contribution is -0.0238. The van der Waals surface area contributed by atoms with Crippen molar-refractivity contribution in [3.63, 3.8) is 0 Å². The topological polar surface area (TPSA) is 51.2 Å². The Kier molecular flexibility index (Phi) is 7.82. The fourth-order valence-electron chi connectivity index (χ4n) is 2.76. The number of hydrogen-bond donors (Lipinski definition) is 1. The molecule has 0 radical (unpaired) electrons. The van der Waals surface area contributed by atoms with Gasteiger partial charge >= 0.3 is 0 Å². The molecule has 1 aromatic carbocycles. The van der Waals surface area contributed by atoms with E-state index in [2.05, 4.69) is 17.0 Å². The highest BCUT2D eigenvalue weighted by Gasteiger charge is 2.16. The average Bonchev–Trinajstić information content (AvgIpc) is 3.03. The molecule has 1 aliphatic rings. The second kappa shape index (κ2) is 9.88. The summed E-state index contributed by atoms with van der Waals surface area (Å²) in [6, 6.07) is 8.07. The number of ether oxygens (including phenoxy) is 3. The highest BCUT2D eigenvalue weighted by molar-refractivity contribution is 5.27. The van der Waals surface area contributed by atoms with Gasteiger partial charge in [0, 0.05) is 19.7 Å². The molecule has 1 heterocycles. The van der Waals surface area contributed by atoms with Crippen molar-refractivity contribution < 1.29 is 19.3 Å². The lowest BCUT2D eigenvalue weighted by Gasteiger charge is -2.21. The van der Waals surface area contributed by atoms with Crippen LogP contribution in [0.1, 0.15) is 25.3 Å². The van der Waals surface area contributed by atoms with E-state index in [0.717, 1.165) is 31.7 Å². The van der Waals surface area contributed by atoms with Crippen LogP contribution in [0.4, 0.5) is 0 Å². The number of aliphatic hydroxyl groups is 1. The van der Waals surface area contributed by atoms with Crippen LogP contribution in [-0.2, 0) is 16.0 Å². The smallest absolute Gasteiger partial charge is 0.119 e. The van der Waals surface area contributed by atoms with E-state index in [1.165, 1.54) is 5.56 Å². The Morgan fingerprint density at radius 1 is 1.35 bits per heavy atom. The number of aliphatic hydroxyl groups excluding tert-OH is 1. The molecule has 0 bridgehead atoms. The van der Waals surface area contributed by atoms with Gasteiger partial charge in [-0.1, -0.05) is 12.1 Å². The van der Waals surface area contributed by atoms with Crippen molar-refractivity contribution >= 4 is 0 Å². The monoisotopic (exact) mass is 323 g/mol. The first-order valence-corrected chi connectivity index (χ1v) is 8.45. The first-order valence-electron chi connectivity index (χ1n) is 8.45. The zero-order valence-corrected chi connectivity index (χ0v) is 14.2. The Labute approximate surface area is 139 Å². The minimum Gasteiger partial charge on any atom is -0.494 e. The fraction of sp³-hybridized carbons (Fsp3) is 0.667. The molecule has 5 nitrogen and oxygen atoms in total. The van der Waals surface area contributed by atoms with Crippen LogP contribution >= 0.6 is 0 Å². The van der Waals surface area contributed by atoms with Crippen molar-refractivity contribution in [2.24, 2.45) is 0 Å². The first kappa shape index (κ1) is 18.2. The summed E-state index contributed by atoms with van der Waals surface area (Å²) in [5.74, 6) is 0.890. The molecule has 0 aliphatic carbocycles. The molecule has 0 aromatic heterocycles. The van der Waals surface area contributed by atoms with Gasteiger partial charge in [0.15, 0.2) is 0 Å². The van der Waals surface area contributed by atoms with E-state index < -0.39 is 6.10 Å².